The van der Waals surface area contributed by atoms with Crippen molar-refractivity contribution in [2.75, 3.05) is 5.32 Å². The Hall–Kier alpha value is -1.52. The Morgan fingerprint density at radius 3 is 2.58 bits per heavy atom. The molecule has 0 bridgehead atoms. The molecule has 1 aromatic rings. The van der Waals surface area contributed by atoms with E-state index in [2.05, 4.69) is 19.8 Å². The smallest absolute Gasteiger partial charge is 0.304 e. The largest absolute Gasteiger partial charge is 0.446 e. The van der Waals surface area contributed by atoms with E-state index in [0.29, 0.717) is 0 Å². The number of amides is 1. The molecule has 0 saturated carbocycles. The normalized spacial score (nSPS) is 12.8. The first-order valence-electron chi connectivity index (χ1n) is 5.13. The fraction of sp³-hybridized carbons (Fsp3) is 0.444. The van der Waals surface area contributed by atoms with Crippen molar-refractivity contribution in [1.29, 1.82) is 0 Å². The van der Waals surface area contributed by atoms with Gasteiger partial charge in [0.1, 0.15) is 0 Å². The molecule has 106 valence electrons. The number of ether oxygens (including phenoxy) is 1. The molecule has 1 heterocycles. The van der Waals surface area contributed by atoms with E-state index in [1.54, 1.807) is 0 Å². The molecule has 8 nitrogen and oxygen atoms in total. The Bertz CT molecular complexity index is 580. The van der Waals surface area contributed by atoms with Crippen LogP contribution in [0, 0.1) is 0 Å². The van der Waals surface area contributed by atoms with Crippen LogP contribution in [0.2, 0.25) is 0 Å². The van der Waals surface area contributed by atoms with E-state index in [1.165, 1.54) is 20.8 Å². The number of nitrogens with zero attached hydrogens (tertiary/aromatic N) is 1. The highest BCUT2D eigenvalue weighted by molar-refractivity contribution is 7.91. The highest BCUT2D eigenvalue weighted by Crippen LogP contribution is 2.22. The summed E-state index contributed by atoms with van der Waals surface area (Å²) in [5, 5.41) is 2.55. The van der Waals surface area contributed by atoms with Crippen molar-refractivity contribution in [3.8, 4) is 0 Å². The van der Waals surface area contributed by atoms with Crippen LogP contribution < -0.4 is 10.0 Å². The number of carbonyl (C=O) groups excluding carboxylic acids is 2. The van der Waals surface area contributed by atoms with Crippen molar-refractivity contribution in [1.82, 2.24) is 9.71 Å². The van der Waals surface area contributed by atoms with Gasteiger partial charge in [-0.15, -0.1) is 0 Å². The fourth-order valence-corrected chi connectivity index (χ4v) is 3.35. The summed E-state index contributed by atoms with van der Waals surface area (Å²) in [7, 11) is -3.84. The van der Waals surface area contributed by atoms with E-state index in [-0.39, 0.29) is 15.2 Å². The molecule has 0 aliphatic rings. The minimum absolute atomic E-state index is 0.0877. The number of anilines is 1. The molecule has 0 aromatic carbocycles. The minimum atomic E-state index is -3.84. The van der Waals surface area contributed by atoms with Gasteiger partial charge in [0.2, 0.25) is 5.91 Å². The van der Waals surface area contributed by atoms with Gasteiger partial charge >= 0.3 is 5.97 Å². The van der Waals surface area contributed by atoms with E-state index in [9.17, 15) is 18.0 Å². The third-order valence-corrected chi connectivity index (χ3v) is 4.59. The van der Waals surface area contributed by atoms with Gasteiger partial charge in [-0.2, -0.15) is 4.72 Å². The van der Waals surface area contributed by atoms with E-state index < -0.39 is 22.2 Å². The lowest BCUT2D eigenvalue weighted by Crippen LogP contribution is -2.35. The topological polar surface area (TPSA) is 114 Å². The van der Waals surface area contributed by atoms with Crippen molar-refractivity contribution in [2.24, 2.45) is 0 Å². The fourth-order valence-electron chi connectivity index (χ4n) is 1.14. The lowest BCUT2D eigenvalue weighted by atomic mass is 10.7. The van der Waals surface area contributed by atoms with Gasteiger partial charge in [-0.25, -0.2) is 13.4 Å². The molecule has 0 radical (unpaired) electrons. The first kappa shape index (κ1) is 15.5. The van der Waals surface area contributed by atoms with Gasteiger partial charge in [0.15, 0.2) is 15.6 Å². The van der Waals surface area contributed by atoms with Crippen LogP contribution in [0.4, 0.5) is 5.13 Å². The monoisotopic (exact) mass is 307 g/mol. The van der Waals surface area contributed by atoms with Crippen LogP contribution in [-0.2, 0) is 24.3 Å². The zero-order chi connectivity index (χ0) is 14.6. The van der Waals surface area contributed by atoms with Gasteiger partial charge < -0.3 is 10.1 Å². The predicted molar refractivity (Wildman–Crippen MR) is 68.0 cm³/mol. The summed E-state index contributed by atoms with van der Waals surface area (Å²) in [5.41, 5.74) is 0. The third-order valence-electron chi connectivity index (χ3n) is 1.70. The lowest BCUT2D eigenvalue weighted by Gasteiger charge is -2.12. The number of carbonyl (C=O) groups is 2. The zero-order valence-corrected chi connectivity index (χ0v) is 12.1. The molecule has 1 unspecified atom stereocenters. The number of aromatic nitrogens is 1. The number of esters is 1. The van der Waals surface area contributed by atoms with Gasteiger partial charge in [-0.05, 0) is 6.92 Å². The van der Waals surface area contributed by atoms with Crippen molar-refractivity contribution < 1.29 is 22.7 Å². The Labute approximate surface area is 114 Å². The maximum atomic E-state index is 11.9. The second kappa shape index (κ2) is 6.08. The highest BCUT2D eigenvalue weighted by Gasteiger charge is 2.21. The summed E-state index contributed by atoms with van der Waals surface area (Å²) >= 11 is 0.795. The quantitative estimate of drug-likeness (QED) is 0.597. The summed E-state index contributed by atoms with van der Waals surface area (Å²) in [6.45, 7) is 3.84. The standard InChI is InChI=1S/C9H13N3O5S2/c1-5(13)11-9-10-4-8(18-9)19(15,16)12-6(2)17-7(3)14/h4,6,12H,1-3H3,(H,10,11,13). The number of thiazole rings is 1. The van der Waals surface area contributed by atoms with Gasteiger partial charge in [-0.3, -0.25) is 9.59 Å². The summed E-state index contributed by atoms with van der Waals surface area (Å²) in [5.74, 6) is -0.946. The van der Waals surface area contributed by atoms with Crippen molar-refractivity contribution in [3.05, 3.63) is 6.20 Å². The first-order valence-corrected chi connectivity index (χ1v) is 7.43. The number of hydrogen-bond acceptors (Lipinski definition) is 7. The third kappa shape index (κ3) is 4.93. The number of sulfonamides is 1. The maximum absolute atomic E-state index is 11.9. The van der Waals surface area contributed by atoms with Crippen molar-refractivity contribution >= 4 is 38.4 Å². The minimum Gasteiger partial charge on any atom is -0.446 e. The van der Waals surface area contributed by atoms with Gasteiger partial charge in [-0.1, -0.05) is 11.3 Å². The summed E-state index contributed by atoms with van der Waals surface area (Å²) < 4.78 is 30.5. The average Bonchev–Trinajstić information content (AvgIpc) is 2.62. The molecule has 2 N–H and O–H groups in total. The molecule has 0 aliphatic carbocycles. The summed E-state index contributed by atoms with van der Waals surface area (Å²) in [6.07, 6.45) is 0.118. The first-order chi connectivity index (χ1) is 8.70. The van der Waals surface area contributed by atoms with Gasteiger partial charge in [0.05, 0.1) is 6.20 Å². The Morgan fingerprint density at radius 1 is 1.42 bits per heavy atom. The SMILES string of the molecule is CC(=O)Nc1ncc(S(=O)(=O)NC(C)OC(C)=O)s1. The van der Waals surface area contributed by atoms with Crippen LogP contribution in [0.1, 0.15) is 20.8 Å². The predicted octanol–water partition coefficient (Wildman–Crippen LogP) is 0.289. The van der Waals surface area contributed by atoms with E-state index in [4.69, 9.17) is 0 Å². The molecule has 0 spiro atoms. The molecular weight excluding hydrogens is 294 g/mol. The zero-order valence-electron chi connectivity index (χ0n) is 10.5. The molecule has 0 aliphatic heterocycles. The van der Waals surface area contributed by atoms with E-state index in [1.807, 2.05) is 0 Å². The van der Waals surface area contributed by atoms with Crippen LogP contribution >= 0.6 is 11.3 Å². The molecule has 19 heavy (non-hydrogen) atoms. The van der Waals surface area contributed by atoms with Crippen LogP contribution in [0.3, 0.4) is 0 Å². The Kier molecular flexibility index (Phi) is 4.97. The van der Waals surface area contributed by atoms with Crippen LogP contribution in [0.15, 0.2) is 10.4 Å². The number of rotatable bonds is 5. The van der Waals surface area contributed by atoms with Crippen molar-refractivity contribution in [2.45, 2.75) is 31.2 Å². The molecule has 1 aromatic heterocycles. The molecule has 10 heteroatoms. The molecule has 0 saturated heterocycles. The average molecular weight is 307 g/mol. The lowest BCUT2D eigenvalue weighted by molar-refractivity contribution is -0.145. The number of nitrogens with one attached hydrogen (secondary N) is 2. The second-order valence-electron chi connectivity index (χ2n) is 3.54. The van der Waals surface area contributed by atoms with Crippen molar-refractivity contribution in [3.63, 3.8) is 0 Å². The summed E-state index contributed by atoms with van der Waals surface area (Å²) in [6, 6.07) is 0. The molecule has 0 fully saturated rings. The van der Waals surface area contributed by atoms with Crippen LogP contribution in [0.25, 0.3) is 0 Å². The van der Waals surface area contributed by atoms with E-state index in [0.717, 1.165) is 17.5 Å². The van der Waals surface area contributed by atoms with Gasteiger partial charge in [0, 0.05) is 13.8 Å². The summed E-state index contributed by atoms with van der Waals surface area (Å²) in [4.78, 5) is 25.2. The molecular formula is C9H13N3O5S2. The Balaban J connectivity index is 2.80. The molecule has 1 atom stereocenters. The molecule has 1 amide bonds. The molecule has 1 rings (SSSR count). The number of hydrogen-bond donors (Lipinski definition) is 2. The van der Waals surface area contributed by atoms with Crippen LogP contribution in [-0.4, -0.2) is 31.5 Å². The van der Waals surface area contributed by atoms with E-state index >= 15 is 0 Å². The highest BCUT2D eigenvalue weighted by atomic mass is 32.2. The maximum Gasteiger partial charge on any atom is 0.304 e. The Morgan fingerprint density at radius 2 is 2.05 bits per heavy atom. The van der Waals surface area contributed by atoms with Crippen LogP contribution in [0.5, 0.6) is 0 Å². The van der Waals surface area contributed by atoms with Gasteiger partial charge in [0.25, 0.3) is 10.0 Å². The second-order valence-corrected chi connectivity index (χ2v) is 6.51.